The minimum atomic E-state index is 0.0560. The Bertz CT molecular complexity index is 510. The number of Topliss-reactive ketones (excluding diaryl/α,β-unsaturated/α-hetero) is 1. The molecule has 0 saturated carbocycles. The number of rotatable bonds is 2. The number of hydrogen-bond acceptors (Lipinski definition) is 4. The Labute approximate surface area is 91.8 Å². The molecule has 0 unspecified atom stereocenters. The molecule has 3 nitrogen and oxygen atoms in total. The molecule has 0 amide bonds. The average Bonchev–Trinajstić information content (AvgIpc) is 2.71. The van der Waals surface area contributed by atoms with Gasteiger partial charge in [0.05, 0.1) is 16.8 Å². The maximum absolute atomic E-state index is 11.3. The van der Waals surface area contributed by atoms with Gasteiger partial charge in [-0.3, -0.25) is 4.79 Å². The van der Waals surface area contributed by atoms with Gasteiger partial charge in [-0.25, -0.2) is 4.98 Å². The van der Waals surface area contributed by atoms with E-state index in [0.29, 0.717) is 4.88 Å². The Balaban J connectivity index is 2.52. The molecular weight excluding hydrogens is 210 g/mol. The summed E-state index contributed by atoms with van der Waals surface area (Å²) in [6.45, 7) is 5.36. The summed E-state index contributed by atoms with van der Waals surface area (Å²) in [6.07, 6.45) is 1.63. The van der Waals surface area contributed by atoms with E-state index in [2.05, 4.69) is 4.98 Å². The maximum atomic E-state index is 11.3. The Morgan fingerprint density at radius 2 is 2.20 bits per heavy atom. The molecule has 0 aliphatic rings. The molecule has 0 spiro atoms. The van der Waals surface area contributed by atoms with Gasteiger partial charge >= 0.3 is 0 Å². The van der Waals surface area contributed by atoms with E-state index in [0.717, 1.165) is 22.0 Å². The molecule has 4 heteroatoms. The molecule has 0 aliphatic carbocycles. The van der Waals surface area contributed by atoms with Crippen LogP contribution in [-0.2, 0) is 0 Å². The molecule has 0 fully saturated rings. The van der Waals surface area contributed by atoms with Crippen molar-refractivity contribution in [2.75, 3.05) is 0 Å². The number of ketones is 1. The van der Waals surface area contributed by atoms with Crippen molar-refractivity contribution in [1.29, 1.82) is 0 Å². The second-order valence-electron chi connectivity index (χ2n) is 3.42. The van der Waals surface area contributed by atoms with E-state index >= 15 is 0 Å². The predicted molar refractivity (Wildman–Crippen MR) is 59.3 cm³/mol. The third-order valence-corrected chi connectivity index (χ3v) is 3.43. The van der Waals surface area contributed by atoms with Crippen LogP contribution in [-0.4, -0.2) is 10.8 Å². The van der Waals surface area contributed by atoms with Gasteiger partial charge in [-0.2, -0.15) is 0 Å². The number of aromatic nitrogens is 1. The first-order valence-electron chi connectivity index (χ1n) is 4.62. The van der Waals surface area contributed by atoms with E-state index in [-0.39, 0.29) is 5.78 Å². The number of furan rings is 1. The highest BCUT2D eigenvalue weighted by Gasteiger charge is 2.15. The van der Waals surface area contributed by atoms with E-state index in [1.54, 1.807) is 13.2 Å². The van der Waals surface area contributed by atoms with Crippen LogP contribution in [0.25, 0.3) is 10.8 Å². The van der Waals surface area contributed by atoms with Crippen molar-refractivity contribution < 1.29 is 9.21 Å². The van der Waals surface area contributed by atoms with Crippen molar-refractivity contribution in [3.8, 4) is 10.8 Å². The number of carbonyl (C=O) groups is 1. The first-order chi connectivity index (χ1) is 7.09. The lowest BCUT2D eigenvalue weighted by Crippen LogP contribution is -1.89. The molecule has 2 heterocycles. The summed E-state index contributed by atoms with van der Waals surface area (Å²) in [4.78, 5) is 16.3. The van der Waals surface area contributed by atoms with Crippen LogP contribution in [0.5, 0.6) is 0 Å². The predicted octanol–water partition coefficient (Wildman–Crippen LogP) is 3.22. The van der Waals surface area contributed by atoms with Gasteiger partial charge < -0.3 is 4.42 Å². The molecule has 2 aromatic rings. The highest BCUT2D eigenvalue weighted by Crippen LogP contribution is 2.30. The van der Waals surface area contributed by atoms with Crippen LogP contribution < -0.4 is 0 Å². The summed E-state index contributed by atoms with van der Waals surface area (Å²) in [7, 11) is 0. The smallest absolute Gasteiger partial charge is 0.171 e. The summed E-state index contributed by atoms with van der Waals surface area (Å²) in [5.41, 5.74) is 1.82. The fourth-order valence-electron chi connectivity index (χ4n) is 1.41. The van der Waals surface area contributed by atoms with Crippen LogP contribution in [0.2, 0.25) is 0 Å². The standard InChI is InChI=1S/C11H11NO2S/c1-6-4-5-14-9(6)11-12-7(2)10(15-11)8(3)13/h4-5H,1-3H3. The first kappa shape index (κ1) is 10.1. The summed E-state index contributed by atoms with van der Waals surface area (Å²) in [5, 5.41) is 0.778. The summed E-state index contributed by atoms with van der Waals surface area (Å²) >= 11 is 1.39. The Morgan fingerprint density at radius 1 is 1.47 bits per heavy atom. The molecule has 78 valence electrons. The highest BCUT2D eigenvalue weighted by molar-refractivity contribution is 7.17. The van der Waals surface area contributed by atoms with Crippen molar-refractivity contribution in [1.82, 2.24) is 4.98 Å². The van der Waals surface area contributed by atoms with E-state index in [1.807, 2.05) is 19.9 Å². The molecule has 0 radical (unpaired) electrons. The molecule has 0 bridgehead atoms. The van der Waals surface area contributed by atoms with Crippen molar-refractivity contribution in [3.63, 3.8) is 0 Å². The van der Waals surface area contributed by atoms with E-state index in [9.17, 15) is 4.79 Å². The van der Waals surface area contributed by atoms with E-state index in [4.69, 9.17) is 4.42 Å². The van der Waals surface area contributed by atoms with Crippen molar-refractivity contribution in [2.45, 2.75) is 20.8 Å². The maximum Gasteiger partial charge on any atom is 0.171 e. The third kappa shape index (κ3) is 1.72. The monoisotopic (exact) mass is 221 g/mol. The number of carbonyl (C=O) groups excluding carboxylic acids is 1. The van der Waals surface area contributed by atoms with Gasteiger partial charge in [0.25, 0.3) is 0 Å². The fourth-order valence-corrected chi connectivity index (χ4v) is 2.43. The average molecular weight is 221 g/mol. The Kier molecular flexibility index (Phi) is 2.44. The number of hydrogen-bond donors (Lipinski definition) is 0. The fraction of sp³-hybridized carbons (Fsp3) is 0.273. The number of nitrogens with zero attached hydrogens (tertiary/aromatic N) is 1. The second-order valence-corrected chi connectivity index (χ2v) is 4.42. The quantitative estimate of drug-likeness (QED) is 0.731. The van der Waals surface area contributed by atoms with E-state index < -0.39 is 0 Å². The topological polar surface area (TPSA) is 43.1 Å². The molecule has 0 aromatic carbocycles. The number of aryl methyl sites for hydroxylation is 2. The van der Waals surface area contributed by atoms with Crippen molar-refractivity contribution >= 4 is 17.1 Å². The van der Waals surface area contributed by atoms with Gasteiger partial charge in [-0.05, 0) is 25.5 Å². The zero-order valence-corrected chi connectivity index (χ0v) is 9.64. The van der Waals surface area contributed by atoms with Gasteiger partial charge in [0.1, 0.15) is 0 Å². The lowest BCUT2D eigenvalue weighted by atomic mass is 10.3. The lowest BCUT2D eigenvalue weighted by molar-refractivity contribution is 0.102. The van der Waals surface area contributed by atoms with Crippen molar-refractivity contribution in [3.05, 3.63) is 28.5 Å². The summed E-state index contributed by atoms with van der Waals surface area (Å²) in [5.74, 6) is 0.816. The van der Waals surface area contributed by atoms with Gasteiger partial charge in [-0.15, -0.1) is 11.3 Å². The molecule has 15 heavy (non-hydrogen) atoms. The van der Waals surface area contributed by atoms with Crippen LogP contribution >= 0.6 is 11.3 Å². The molecular formula is C11H11NO2S. The largest absolute Gasteiger partial charge is 0.462 e. The highest BCUT2D eigenvalue weighted by atomic mass is 32.1. The normalized spacial score (nSPS) is 10.6. The van der Waals surface area contributed by atoms with Crippen molar-refractivity contribution in [2.24, 2.45) is 0 Å². The SMILES string of the molecule is CC(=O)c1sc(-c2occc2C)nc1C. The molecule has 2 aromatic heterocycles. The van der Waals surface area contributed by atoms with Crippen LogP contribution in [0, 0.1) is 13.8 Å². The second kappa shape index (κ2) is 3.62. The molecule has 0 saturated heterocycles. The molecule has 0 aliphatic heterocycles. The third-order valence-electron chi connectivity index (χ3n) is 2.17. The summed E-state index contributed by atoms with van der Waals surface area (Å²) < 4.78 is 5.34. The van der Waals surface area contributed by atoms with Crippen LogP contribution in [0.3, 0.4) is 0 Å². The minimum Gasteiger partial charge on any atom is -0.462 e. The summed E-state index contributed by atoms with van der Waals surface area (Å²) in [6, 6.07) is 1.89. The van der Waals surface area contributed by atoms with Crippen LogP contribution in [0.4, 0.5) is 0 Å². The molecule has 2 rings (SSSR count). The Morgan fingerprint density at radius 3 is 2.67 bits per heavy atom. The van der Waals surface area contributed by atoms with Gasteiger partial charge in [0, 0.05) is 6.92 Å². The van der Waals surface area contributed by atoms with Crippen LogP contribution in [0.15, 0.2) is 16.7 Å². The lowest BCUT2D eigenvalue weighted by Gasteiger charge is -1.90. The van der Waals surface area contributed by atoms with Gasteiger partial charge in [0.15, 0.2) is 16.6 Å². The van der Waals surface area contributed by atoms with E-state index in [1.165, 1.54) is 11.3 Å². The zero-order chi connectivity index (χ0) is 11.0. The van der Waals surface area contributed by atoms with Crippen LogP contribution in [0.1, 0.15) is 27.9 Å². The molecule has 0 atom stereocenters. The Hall–Kier alpha value is -1.42. The molecule has 0 N–H and O–H groups in total. The minimum absolute atomic E-state index is 0.0560. The first-order valence-corrected chi connectivity index (χ1v) is 5.44. The van der Waals surface area contributed by atoms with Gasteiger partial charge in [0.2, 0.25) is 0 Å². The zero-order valence-electron chi connectivity index (χ0n) is 8.83. The van der Waals surface area contributed by atoms with Gasteiger partial charge in [-0.1, -0.05) is 0 Å². The number of thiazole rings is 1.